The molecule has 2 unspecified atom stereocenters. The van der Waals surface area contributed by atoms with Gasteiger partial charge in [-0.15, -0.1) is 0 Å². The Hall–Kier alpha value is -1.04. The second-order valence-electron chi connectivity index (χ2n) is 4.96. The third-order valence-corrected chi connectivity index (χ3v) is 3.81. The maximum absolute atomic E-state index is 13.9. The number of nitrogens with zero attached hydrogens (tertiary/aromatic N) is 1. The van der Waals surface area contributed by atoms with Gasteiger partial charge in [-0.25, -0.2) is 8.78 Å². The molecule has 1 fully saturated rings. The molecule has 1 aliphatic rings. The lowest BCUT2D eigenvalue weighted by Gasteiger charge is -2.37. The van der Waals surface area contributed by atoms with Crippen LogP contribution >= 0.6 is 0 Å². The maximum Gasteiger partial charge on any atom is 0.128 e. The van der Waals surface area contributed by atoms with Gasteiger partial charge in [-0.3, -0.25) is 4.90 Å². The highest BCUT2D eigenvalue weighted by Gasteiger charge is 2.27. The van der Waals surface area contributed by atoms with Crippen molar-refractivity contribution in [3.63, 3.8) is 0 Å². The zero-order valence-corrected chi connectivity index (χ0v) is 11.4. The van der Waals surface area contributed by atoms with Crippen LogP contribution in [0.25, 0.3) is 0 Å². The van der Waals surface area contributed by atoms with Crippen LogP contribution in [0.3, 0.4) is 0 Å². The van der Waals surface area contributed by atoms with Crippen LogP contribution in [0.2, 0.25) is 0 Å². The average molecular weight is 269 g/mol. The first kappa shape index (κ1) is 14.4. The quantitative estimate of drug-likeness (QED) is 0.868. The minimum Gasteiger partial charge on any atom is -0.314 e. The molecule has 1 aromatic rings. The molecular weight excluding hydrogens is 248 g/mol. The molecule has 5 heteroatoms. The Kier molecular flexibility index (Phi) is 4.85. The fourth-order valence-electron chi connectivity index (χ4n) is 2.71. The lowest BCUT2D eigenvalue weighted by atomic mass is 9.98. The van der Waals surface area contributed by atoms with Gasteiger partial charge >= 0.3 is 0 Å². The number of halogens is 2. The second-order valence-corrected chi connectivity index (χ2v) is 4.96. The summed E-state index contributed by atoms with van der Waals surface area (Å²) in [4.78, 5) is 2.29. The van der Waals surface area contributed by atoms with Crippen molar-refractivity contribution in [2.75, 3.05) is 33.2 Å². The smallest absolute Gasteiger partial charge is 0.128 e. The van der Waals surface area contributed by atoms with E-state index in [9.17, 15) is 8.78 Å². The summed E-state index contributed by atoms with van der Waals surface area (Å²) in [5.41, 5.74) is 0.397. The third-order valence-electron chi connectivity index (χ3n) is 3.81. The van der Waals surface area contributed by atoms with E-state index in [4.69, 9.17) is 0 Å². The van der Waals surface area contributed by atoms with Gasteiger partial charge in [0.2, 0.25) is 0 Å². The summed E-state index contributed by atoms with van der Waals surface area (Å²) in [6.45, 7) is 5.78. The molecule has 0 radical (unpaired) electrons. The molecule has 0 bridgehead atoms. The zero-order valence-electron chi connectivity index (χ0n) is 11.4. The molecule has 0 aliphatic carbocycles. The van der Waals surface area contributed by atoms with E-state index >= 15 is 0 Å². The summed E-state index contributed by atoms with van der Waals surface area (Å²) in [7, 11) is 1.79. The van der Waals surface area contributed by atoms with Crippen molar-refractivity contribution < 1.29 is 8.78 Å². The highest BCUT2D eigenvalue weighted by Crippen LogP contribution is 2.24. The van der Waals surface area contributed by atoms with Crippen molar-refractivity contribution in [1.82, 2.24) is 15.5 Å². The van der Waals surface area contributed by atoms with Crippen LogP contribution in [-0.4, -0.2) is 44.2 Å². The van der Waals surface area contributed by atoms with Crippen molar-refractivity contribution in [3.05, 3.63) is 35.4 Å². The first-order chi connectivity index (χ1) is 9.13. The summed E-state index contributed by atoms with van der Waals surface area (Å²) < 4.78 is 27.2. The monoisotopic (exact) mass is 269 g/mol. The number of nitrogens with one attached hydrogen (secondary N) is 2. The molecule has 0 aromatic heterocycles. The maximum atomic E-state index is 13.9. The highest BCUT2D eigenvalue weighted by atomic mass is 19.1. The molecule has 0 amide bonds. The molecule has 19 heavy (non-hydrogen) atoms. The van der Waals surface area contributed by atoms with Gasteiger partial charge in [-0.2, -0.15) is 0 Å². The fraction of sp³-hybridized carbons (Fsp3) is 0.571. The number of hydrogen-bond donors (Lipinski definition) is 2. The van der Waals surface area contributed by atoms with Crippen molar-refractivity contribution >= 4 is 0 Å². The van der Waals surface area contributed by atoms with E-state index < -0.39 is 5.82 Å². The minimum atomic E-state index is -0.399. The predicted molar refractivity (Wildman–Crippen MR) is 72.1 cm³/mol. The van der Waals surface area contributed by atoms with E-state index in [1.165, 1.54) is 12.1 Å². The number of likely N-dealkylation sites (N-methyl/N-ethyl adjacent to an activating group) is 1. The van der Waals surface area contributed by atoms with Gasteiger partial charge in [-0.05, 0) is 32.2 Å². The largest absolute Gasteiger partial charge is 0.314 e. The Morgan fingerprint density at radius 2 is 1.95 bits per heavy atom. The van der Waals surface area contributed by atoms with E-state index in [0.717, 1.165) is 32.2 Å². The fourth-order valence-corrected chi connectivity index (χ4v) is 2.71. The van der Waals surface area contributed by atoms with Gasteiger partial charge in [0.25, 0.3) is 0 Å². The molecule has 1 aromatic carbocycles. The topological polar surface area (TPSA) is 27.3 Å². The average Bonchev–Trinajstić information content (AvgIpc) is 2.44. The number of piperazine rings is 1. The molecule has 0 saturated carbocycles. The highest BCUT2D eigenvalue weighted by molar-refractivity contribution is 5.23. The molecule has 1 heterocycles. The van der Waals surface area contributed by atoms with Crippen LogP contribution in [0.5, 0.6) is 0 Å². The van der Waals surface area contributed by atoms with Crippen LogP contribution in [-0.2, 0) is 0 Å². The molecule has 3 nitrogen and oxygen atoms in total. The van der Waals surface area contributed by atoms with Crippen LogP contribution in [0.1, 0.15) is 18.5 Å². The number of hydrogen-bond acceptors (Lipinski definition) is 3. The Balaban J connectivity index is 2.20. The summed E-state index contributed by atoms with van der Waals surface area (Å²) in [5, 5.41) is 6.41. The summed E-state index contributed by atoms with van der Waals surface area (Å²) in [6, 6.07) is 3.53. The van der Waals surface area contributed by atoms with Crippen molar-refractivity contribution in [2.45, 2.75) is 19.0 Å². The van der Waals surface area contributed by atoms with E-state index in [2.05, 4.69) is 22.5 Å². The lowest BCUT2D eigenvalue weighted by molar-refractivity contribution is 0.151. The molecule has 2 atom stereocenters. The van der Waals surface area contributed by atoms with Crippen LogP contribution < -0.4 is 10.6 Å². The Morgan fingerprint density at radius 1 is 1.26 bits per heavy atom. The van der Waals surface area contributed by atoms with E-state index in [1.54, 1.807) is 7.05 Å². The first-order valence-electron chi connectivity index (χ1n) is 6.70. The summed E-state index contributed by atoms with van der Waals surface area (Å²) in [6.07, 6.45) is 0. The number of benzene rings is 1. The van der Waals surface area contributed by atoms with Crippen LogP contribution in [0.4, 0.5) is 8.78 Å². The first-order valence-corrected chi connectivity index (χ1v) is 6.70. The van der Waals surface area contributed by atoms with Gasteiger partial charge in [-0.1, -0.05) is 0 Å². The summed E-state index contributed by atoms with van der Waals surface area (Å²) >= 11 is 0. The van der Waals surface area contributed by atoms with Crippen molar-refractivity contribution in [3.8, 4) is 0 Å². The minimum absolute atomic E-state index is 0.114. The Bertz CT molecular complexity index is 419. The molecule has 2 rings (SSSR count). The van der Waals surface area contributed by atoms with Crippen LogP contribution in [0, 0.1) is 11.6 Å². The SMILES string of the molecule is CNC(c1cc(F)ccc1F)C(C)N1CCNCC1. The summed E-state index contributed by atoms with van der Waals surface area (Å²) in [5.74, 6) is -0.758. The molecule has 106 valence electrons. The molecular formula is C14H21F2N3. The second kappa shape index (κ2) is 6.41. The van der Waals surface area contributed by atoms with E-state index in [0.29, 0.717) is 5.56 Å². The third kappa shape index (κ3) is 3.29. The normalized spacial score (nSPS) is 20.2. The lowest BCUT2D eigenvalue weighted by Crippen LogP contribution is -2.51. The molecule has 1 aliphatic heterocycles. The van der Waals surface area contributed by atoms with E-state index in [-0.39, 0.29) is 17.9 Å². The molecule has 0 spiro atoms. The van der Waals surface area contributed by atoms with Gasteiger partial charge < -0.3 is 10.6 Å². The molecule has 2 N–H and O–H groups in total. The molecule has 1 saturated heterocycles. The van der Waals surface area contributed by atoms with E-state index in [1.807, 2.05) is 0 Å². The number of rotatable bonds is 4. The van der Waals surface area contributed by atoms with Gasteiger partial charge in [0.15, 0.2) is 0 Å². The van der Waals surface area contributed by atoms with Gasteiger partial charge in [0.1, 0.15) is 11.6 Å². The van der Waals surface area contributed by atoms with Crippen molar-refractivity contribution in [2.24, 2.45) is 0 Å². The van der Waals surface area contributed by atoms with Gasteiger partial charge in [0, 0.05) is 37.8 Å². The Labute approximate surface area is 113 Å². The van der Waals surface area contributed by atoms with Crippen molar-refractivity contribution in [1.29, 1.82) is 0 Å². The predicted octanol–water partition coefficient (Wildman–Crippen LogP) is 1.52. The van der Waals surface area contributed by atoms with Crippen LogP contribution in [0.15, 0.2) is 18.2 Å². The Morgan fingerprint density at radius 3 is 2.58 bits per heavy atom. The van der Waals surface area contributed by atoms with Gasteiger partial charge in [0.05, 0.1) is 6.04 Å². The zero-order chi connectivity index (χ0) is 13.8. The standard InChI is InChI=1S/C14H21F2N3/c1-10(19-7-5-18-6-8-19)14(17-2)12-9-11(15)3-4-13(12)16/h3-4,9-10,14,17-18H,5-8H2,1-2H3.